The monoisotopic (exact) mass is 325 g/mol. The van der Waals surface area contributed by atoms with Crippen molar-refractivity contribution in [1.82, 2.24) is 0 Å². The number of carbonyl (C=O) groups excluding carboxylic acids is 2. The van der Waals surface area contributed by atoms with Crippen molar-refractivity contribution < 1.29 is 9.59 Å². The number of anilines is 2. The molecular weight excluding hydrogens is 302 g/mol. The van der Waals surface area contributed by atoms with Gasteiger partial charge in [-0.25, -0.2) is 0 Å². The van der Waals surface area contributed by atoms with Crippen LogP contribution in [0.15, 0.2) is 24.3 Å². The van der Waals surface area contributed by atoms with E-state index < -0.39 is 5.54 Å². The molecule has 0 radical (unpaired) electrons. The maximum atomic E-state index is 12.3. The molecule has 0 saturated heterocycles. The minimum absolute atomic E-state index is 0. The van der Waals surface area contributed by atoms with Crippen LogP contribution in [0.3, 0.4) is 0 Å². The summed E-state index contributed by atoms with van der Waals surface area (Å²) in [7, 11) is 0. The van der Waals surface area contributed by atoms with Gasteiger partial charge < -0.3 is 16.4 Å². The fourth-order valence-corrected chi connectivity index (χ4v) is 2.45. The molecule has 0 bridgehead atoms. The first kappa shape index (κ1) is 18.5. The van der Waals surface area contributed by atoms with Crippen molar-refractivity contribution in [3.8, 4) is 0 Å². The van der Waals surface area contributed by atoms with Crippen LogP contribution in [-0.2, 0) is 9.59 Å². The van der Waals surface area contributed by atoms with Gasteiger partial charge in [0, 0.05) is 17.3 Å². The van der Waals surface area contributed by atoms with Crippen molar-refractivity contribution in [3.05, 3.63) is 24.3 Å². The molecule has 0 aliphatic heterocycles. The zero-order valence-electron chi connectivity index (χ0n) is 13.0. The summed E-state index contributed by atoms with van der Waals surface area (Å²) in [5.74, 6) is -0.286. The lowest BCUT2D eigenvalue weighted by Crippen LogP contribution is -2.48. The highest BCUT2D eigenvalue weighted by molar-refractivity contribution is 5.99. The Morgan fingerprint density at radius 1 is 1.14 bits per heavy atom. The number of halogens is 1. The molecule has 5 nitrogen and oxygen atoms in total. The van der Waals surface area contributed by atoms with Crippen LogP contribution in [0.2, 0.25) is 0 Å². The van der Waals surface area contributed by atoms with E-state index >= 15 is 0 Å². The van der Waals surface area contributed by atoms with Crippen molar-refractivity contribution in [2.45, 2.75) is 45.1 Å². The standard InChI is InChI=1S/C16H23N3O2.ClH/c1-11(2)14(20)18-12-6-5-7-13(10-12)19-15(21)16(17)8-3-4-9-16;/h5-7,10-11H,3-4,8-9,17H2,1-2H3,(H,18,20)(H,19,21);1H. The Balaban J connectivity index is 0.00000242. The number of benzene rings is 1. The topological polar surface area (TPSA) is 84.2 Å². The minimum atomic E-state index is -0.753. The molecule has 0 aromatic heterocycles. The number of hydrogen-bond acceptors (Lipinski definition) is 3. The molecule has 1 aromatic rings. The molecule has 2 rings (SSSR count). The number of nitrogens with one attached hydrogen (secondary N) is 2. The van der Waals surface area contributed by atoms with Gasteiger partial charge in [0.1, 0.15) is 0 Å². The van der Waals surface area contributed by atoms with E-state index in [1.54, 1.807) is 24.3 Å². The second-order valence-electron chi connectivity index (χ2n) is 6.04. The maximum absolute atomic E-state index is 12.3. The second-order valence-corrected chi connectivity index (χ2v) is 6.04. The Kier molecular flexibility index (Phi) is 6.38. The van der Waals surface area contributed by atoms with Crippen LogP contribution in [-0.4, -0.2) is 17.4 Å². The average molecular weight is 326 g/mol. The van der Waals surface area contributed by atoms with Gasteiger partial charge >= 0.3 is 0 Å². The predicted molar refractivity (Wildman–Crippen MR) is 91.2 cm³/mol. The zero-order chi connectivity index (χ0) is 15.5. The molecule has 1 aliphatic rings. The van der Waals surface area contributed by atoms with Crippen molar-refractivity contribution in [1.29, 1.82) is 0 Å². The normalized spacial score (nSPS) is 16.0. The molecular formula is C16H24ClN3O2. The van der Waals surface area contributed by atoms with Crippen LogP contribution in [0.1, 0.15) is 39.5 Å². The van der Waals surface area contributed by atoms with E-state index in [-0.39, 0.29) is 30.1 Å². The molecule has 122 valence electrons. The Morgan fingerprint density at radius 2 is 1.68 bits per heavy atom. The van der Waals surface area contributed by atoms with Crippen molar-refractivity contribution >= 4 is 35.6 Å². The van der Waals surface area contributed by atoms with Crippen LogP contribution in [0, 0.1) is 5.92 Å². The molecule has 0 atom stereocenters. The molecule has 0 unspecified atom stereocenters. The summed E-state index contributed by atoms with van der Waals surface area (Å²) in [6.45, 7) is 3.67. The molecule has 1 saturated carbocycles. The van der Waals surface area contributed by atoms with E-state index in [0.29, 0.717) is 11.4 Å². The smallest absolute Gasteiger partial charge is 0.244 e. The Morgan fingerprint density at radius 3 is 2.23 bits per heavy atom. The van der Waals surface area contributed by atoms with E-state index in [9.17, 15) is 9.59 Å². The van der Waals surface area contributed by atoms with Crippen LogP contribution in [0.25, 0.3) is 0 Å². The first-order valence-corrected chi connectivity index (χ1v) is 7.42. The highest BCUT2D eigenvalue weighted by Gasteiger charge is 2.36. The van der Waals surface area contributed by atoms with Gasteiger partial charge in [-0.2, -0.15) is 0 Å². The third kappa shape index (κ3) is 4.45. The van der Waals surface area contributed by atoms with E-state index in [2.05, 4.69) is 10.6 Å². The molecule has 6 heteroatoms. The van der Waals surface area contributed by atoms with E-state index in [0.717, 1.165) is 25.7 Å². The van der Waals surface area contributed by atoms with Gasteiger partial charge in [0.15, 0.2) is 0 Å². The summed E-state index contributed by atoms with van der Waals surface area (Å²) >= 11 is 0. The summed E-state index contributed by atoms with van der Waals surface area (Å²) < 4.78 is 0. The molecule has 2 amide bonds. The summed E-state index contributed by atoms with van der Waals surface area (Å²) in [6.07, 6.45) is 3.44. The lowest BCUT2D eigenvalue weighted by Gasteiger charge is -2.22. The fourth-order valence-electron chi connectivity index (χ4n) is 2.45. The molecule has 1 aliphatic carbocycles. The summed E-state index contributed by atoms with van der Waals surface area (Å²) in [5.41, 5.74) is 6.70. The zero-order valence-corrected chi connectivity index (χ0v) is 13.8. The second kappa shape index (κ2) is 7.61. The largest absolute Gasteiger partial charge is 0.326 e. The molecule has 22 heavy (non-hydrogen) atoms. The third-order valence-electron chi connectivity index (χ3n) is 3.86. The van der Waals surface area contributed by atoms with Crippen molar-refractivity contribution in [3.63, 3.8) is 0 Å². The van der Waals surface area contributed by atoms with Crippen LogP contribution in [0.4, 0.5) is 11.4 Å². The third-order valence-corrected chi connectivity index (χ3v) is 3.86. The molecule has 1 fully saturated rings. The maximum Gasteiger partial charge on any atom is 0.244 e. The molecule has 0 spiro atoms. The number of nitrogens with two attached hydrogens (primary N) is 1. The van der Waals surface area contributed by atoms with Crippen LogP contribution >= 0.6 is 12.4 Å². The Labute approximate surface area is 137 Å². The Hall–Kier alpha value is -1.59. The number of hydrogen-bond donors (Lipinski definition) is 3. The fraction of sp³-hybridized carbons (Fsp3) is 0.500. The van der Waals surface area contributed by atoms with E-state index in [1.165, 1.54) is 0 Å². The number of rotatable bonds is 4. The summed E-state index contributed by atoms with van der Waals surface area (Å²) in [4.78, 5) is 23.9. The quantitative estimate of drug-likeness (QED) is 0.795. The summed E-state index contributed by atoms with van der Waals surface area (Å²) in [5, 5.41) is 5.66. The van der Waals surface area contributed by atoms with Crippen LogP contribution in [0.5, 0.6) is 0 Å². The first-order chi connectivity index (χ1) is 9.90. The van der Waals surface area contributed by atoms with Crippen molar-refractivity contribution in [2.75, 3.05) is 10.6 Å². The van der Waals surface area contributed by atoms with Gasteiger partial charge in [0.2, 0.25) is 11.8 Å². The lowest BCUT2D eigenvalue weighted by atomic mass is 9.98. The Bertz CT molecular complexity index is 540. The van der Waals surface area contributed by atoms with Gasteiger partial charge in [-0.15, -0.1) is 12.4 Å². The first-order valence-electron chi connectivity index (χ1n) is 7.42. The van der Waals surface area contributed by atoms with E-state index in [1.807, 2.05) is 13.8 Å². The number of amides is 2. The SMILES string of the molecule is CC(C)C(=O)Nc1cccc(NC(=O)C2(N)CCCC2)c1.Cl. The molecule has 0 heterocycles. The molecule has 1 aromatic carbocycles. The minimum Gasteiger partial charge on any atom is -0.326 e. The highest BCUT2D eigenvalue weighted by atomic mass is 35.5. The van der Waals surface area contributed by atoms with Gasteiger partial charge in [-0.3, -0.25) is 9.59 Å². The highest BCUT2D eigenvalue weighted by Crippen LogP contribution is 2.28. The van der Waals surface area contributed by atoms with Gasteiger partial charge in [0.05, 0.1) is 5.54 Å². The molecule has 4 N–H and O–H groups in total. The van der Waals surface area contributed by atoms with Crippen molar-refractivity contribution in [2.24, 2.45) is 11.7 Å². The van der Waals surface area contributed by atoms with E-state index in [4.69, 9.17) is 5.73 Å². The number of carbonyl (C=O) groups is 2. The summed E-state index contributed by atoms with van der Waals surface area (Å²) in [6, 6.07) is 7.13. The van der Waals surface area contributed by atoms with Gasteiger partial charge in [-0.1, -0.05) is 32.8 Å². The lowest BCUT2D eigenvalue weighted by molar-refractivity contribution is -0.121. The van der Waals surface area contributed by atoms with Gasteiger partial charge in [-0.05, 0) is 31.0 Å². The average Bonchev–Trinajstić information content (AvgIpc) is 2.87. The van der Waals surface area contributed by atoms with Gasteiger partial charge in [0.25, 0.3) is 0 Å². The predicted octanol–water partition coefficient (Wildman–Crippen LogP) is 2.91. The van der Waals surface area contributed by atoms with Crippen LogP contribution < -0.4 is 16.4 Å².